The second kappa shape index (κ2) is 3.78. The van der Waals surface area contributed by atoms with Crippen molar-refractivity contribution < 1.29 is 4.39 Å². The molecule has 0 fully saturated rings. The van der Waals surface area contributed by atoms with Crippen LogP contribution in [0.5, 0.6) is 0 Å². The maximum atomic E-state index is 13.4. The number of anilines is 1. The fourth-order valence-corrected chi connectivity index (χ4v) is 2.49. The number of aromatic nitrogens is 2. The molecule has 3 nitrogen and oxygen atoms in total. The van der Waals surface area contributed by atoms with E-state index in [0.29, 0.717) is 0 Å². The van der Waals surface area contributed by atoms with E-state index in [1.54, 1.807) is 24.5 Å². The molecule has 0 bridgehead atoms. The lowest BCUT2D eigenvalue weighted by Crippen LogP contribution is -1.90. The molecule has 0 saturated heterocycles. The molecule has 0 spiro atoms. The first-order valence-electron chi connectivity index (χ1n) is 5.00. The summed E-state index contributed by atoms with van der Waals surface area (Å²) in [5.74, 6) is -0.417. The van der Waals surface area contributed by atoms with Crippen molar-refractivity contribution in [2.24, 2.45) is 0 Å². The largest absolute Gasteiger partial charge is 0.396 e. The topological polar surface area (TPSA) is 51.8 Å². The molecule has 0 amide bonds. The van der Waals surface area contributed by atoms with Gasteiger partial charge in [-0.3, -0.25) is 4.98 Å². The molecule has 2 aromatic heterocycles. The van der Waals surface area contributed by atoms with E-state index in [1.807, 2.05) is 6.07 Å². The zero-order valence-electron chi connectivity index (χ0n) is 8.72. The number of pyridine rings is 1. The number of nitrogens with zero attached hydrogens (tertiary/aromatic N) is 2. The van der Waals surface area contributed by atoms with Crippen LogP contribution in [0.25, 0.3) is 20.8 Å². The van der Waals surface area contributed by atoms with Crippen molar-refractivity contribution in [2.45, 2.75) is 0 Å². The lowest BCUT2D eigenvalue weighted by molar-refractivity contribution is 0.633. The molecule has 0 aliphatic carbocycles. The minimum atomic E-state index is -0.417. The number of nitrogens with two attached hydrogens (primary N) is 1. The normalized spacial score (nSPS) is 10.9. The van der Waals surface area contributed by atoms with Crippen LogP contribution in [-0.4, -0.2) is 9.97 Å². The highest BCUT2D eigenvalue weighted by molar-refractivity contribution is 7.21. The van der Waals surface area contributed by atoms with Crippen LogP contribution in [0.15, 0.2) is 36.7 Å². The minimum Gasteiger partial charge on any atom is -0.396 e. The van der Waals surface area contributed by atoms with Gasteiger partial charge in [0.15, 0.2) is 0 Å². The van der Waals surface area contributed by atoms with Crippen LogP contribution in [0, 0.1) is 5.82 Å². The predicted octanol–water partition coefficient (Wildman–Crippen LogP) is 3.08. The van der Waals surface area contributed by atoms with Gasteiger partial charge in [0.2, 0.25) is 0 Å². The van der Waals surface area contributed by atoms with Crippen LogP contribution >= 0.6 is 11.3 Å². The first kappa shape index (κ1) is 10.2. The summed E-state index contributed by atoms with van der Waals surface area (Å²) >= 11 is 1.51. The number of nitrogen functional groups attached to an aromatic ring is 1. The Labute approximate surface area is 101 Å². The zero-order chi connectivity index (χ0) is 11.8. The lowest BCUT2D eigenvalue weighted by atomic mass is 10.2. The van der Waals surface area contributed by atoms with Gasteiger partial charge < -0.3 is 5.73 Å². The standard InChI is InChI=1S/C12H8FN3S/c13-8-5-7(1-2-9(8)14)12-16-10-6-15-4-3-11(10)17-12/h1-6H,14H2. The molecule has 5 heteroatoms. The Hall–Kier alpha value is -2.01. The van der Waals surface area contributed by atoms with Gasteiger partial charge in [-0.25, -0.2) is 9.37 Å². The number of hydrogen-bond acceptors (Lipinski definition) is 4. The van der Waals surface area contributed by atoms with Crippen molar-refractivity contribution in [3.63, 3.8) is 0 Å². The van der Waals surface area contributed by atoms with Crippen LogP contribution in [0.1, 0.15) is 0 Å². The van der Waals surface area contributed by atoms with Crippen molar-refractivity contribution in [3.8, 4) is 10.6 Å². The van der Waals surface area contributed by atoms with Gasteiger partial charge in [-0.05, 0) is 24.3 Å². The van der Waals surface area contributed by atoms with Crippen LogP contribution in [0.4, 0.5) is 10.1 Å². The Morgan fingerprint density at radius 2 is 2.12 bits per heavy atom. The summed E-state index contributed by atoms with van der Waals surface area (Å²) in [6.07, 6.45) is 3.41. The molecule has 2 heterocycles. The summed E-state index contributed by atoms with van der Waals surface area (Å²) in [6, 6.07) is 6.61. The highest BCUT2D eigenvalue weighted by Gasteiger charge is 2.08. The molecular weight excluding hydrogens is 237 g/mol. The molecule has 0 radical (unpaired) electrons. The molecule has 0 saturated carbocycles. The van der Waals surface area contributed by atoms with Crippen LogP contribution in [0.3, 0.4) is 0 Å². The van der Waals surface area contributed by atoms with Crippen molar-refractivity contribution in [1.29, 1.82) is 0 Å². The van der Waals surface area contributed by atoms with E-state index in [2.05, 4.69) is 9.97 Å². The molecule has 3 rings (SSSR count). The average molecular weight is 245 g/mol. The summed E-state index contributed by atoms with van der Waals surface area (Å²) in [5.41, 5.74) is 7.15. The molecule has 0 aliphatic rings. The van der Waals surface area contributed by atoms with Crippen LogP contribution < -0.4 is 5.73 Å². The summed E-state index contributed by atoms with van der Waals surface area (Å²) in [4.78, 5) is 8.40. The van der Waals surface area contributed by atoms with Gasteiger partial charge in [-0.15, -0.1) is 11.3 Å². The van der Waals surface area contributed by atoms with E-state index in [1.165, 1.54) is 17.4 Å². The van der Waals surface area contributed by atoms with Crippen molar-refractivity contribution in [3.05, 3.63) is 42.5 Å². The Morgan fingerprint density at radius 1 is 1.24 bits per heavy atom. The number of fused-ring (bicyclic) bond motifs is 1. The Kier molecular flexibility index (Phi) is 2.26. The maximum Gasteiger partial charge on any atom is 0.146 e. The highest BCUT2D eigenvalue weighted by atomic mass is 32.1. The fourth-order valence-electron chi connectivity index (χ4n) is 1.56. The van der Waals surface area contributed by atoms with E-state index in [-0.39, 0.29) is 5.69 Å². The van der Waals surface area contributed by atoms with E-state index in [0.717, 1.165) is 20.8 Å². The van der Waals surface area contributed by atoms with Crippen molar-refractivity contribution >= 4 is 27.2 Å². The highest BCUT2D eigenvalue weighted by Crippen LogP contribution is 2.30. The molecule has 3 aromatic rings. The zero-order valence-corrected chi connectivity index (χ0v) is 9.54. The first-order valence-corrected chi connectivity index (χ1v) is 5.81. The van der Waals surface area contributed by atoms with Crippen LogP contribution in [-0.2, 0) is 0 Å². The van der Waals surface area contributed by atoms with Crippen molar-refractivity contribution in [1.82, 2.24) is 9.97 Å². The summed E-state index contributed by atoms with van der Waals surface area (Å²) in [5, 5.41) is 0.770. The molecule has 0 aliphatic heterocycles. The third kappa shape index (κ3) is 1.74. The molecular formula is C12H8FN3S. The van der Waals surface area contributed by atoms with Gasteiger partial charge in [-0.1, -0.05) is 0 Å². The number of rotatable bonds is 1. The van der Waals surface area contributed by atoms with Gasteiger partial charge in [0.05, 0.1) is 16.6 Å². The fraction of sp³-hybridized carbons (Fsp3) is 0. The number of hydrogen-bond donors (Lipinski definition) is 1. The third-order valence-corrected chi connectivity index (χ3v) is 3.52. The van der Waals surface area contributed by atoms with Crippen molar-refractivity contribution in [2.75, 3.05) is 5.73 Å². The quantitative estimate of drug-likeness (QED) is 0.670. The summed E-state index contributed by atoms with van der Waals surface area (Å²) in [6.45, 7) is 0. The number of benzene rings is 1. The third-order valence-electron chi connectivity index (χ3n) is 2.44. The minimum absolute atomic E-state index is 0.150. The van der Waals surface area contributed by atoms with E-state index in [4.69, 9.17) is 5.73 Å². The molecule has 84 valence electrons. The number of halogens is 1. The van der Waals surface area contributed by atoms with E-state index >= 15 is 0 Å². The molecule has 17 heavy (non-hydrogen) atoms. The molecule has 2 N–H and O–H groups in total. The van der Waals surface area contributed by atoms with Gasteiger partial charge in [0.25, 0.3) is 0 Å². The molecule has 0 unspecified atom stereocenters. The Morgan fingerprint density at radius 3 is 2.88 bits per heavy atom. The second-order valence-corrected chi connectivity index (χ2v) is 4.63. The van der Waals surface area contributed by atoms with Gasteiger partial charge in [-0.2, -0.15) is 0 Å². The van der Waals surface area contributed by atoms with E-state index < -0.39 is 5.82 Å². The number of thiazole rings is 1. The smallest absolute Gasteiger partial charge is 0.146 e. The Bertz CT molecular complexity index is 660. The van der Waals surface area contributed by atoms with Gasteiger partial charge >= 0.3 is 0 Å². The summed E-state index contributed by atoms with van der Waals surface area (Å²) in [7, 11) is 0. The lowest BCUT2D eigenvalue weighted by Gasteiger charge is -1.98. The van der Waals surface area contributed by atoms with Gasteiger partial charge in [0.1, 0.15) is 16.3 Å². The monoisotopic (exact) mass is 245 g/mol. The SMILES string of the molecule is Nc1ccc(-c2nc3cnccc3s2)cc1F. The molecule has 1 aromatic carbocycles. The van der Waals surface area contributed by atoms with Crippen LogP contribution in [0.2, 0.25) is 0 Å². The first-order chi connectivity index (χ1) is 8.24. The summed E-state index contributed by atoms with van der Waals surface area (Å²) < 4.78 is 14.4. The molecule has 0 atom stereocenters. The Balaban J connectivity index is 2.17. The van der Waals surface area contributed by atoms with E-state index in [9.17, 15) is 4.39 Å². The van der Waals surface area contributed by atoms with Gasteiger partial charge in [0, 0.05) is 11.8 Å². The predicted molar refractivity (Wildman–Crippen MR) is 67.2 cm³/mol. The average Bonchev–Trinajstić information content (AvgIpc) is 2.76. The second-order valence-electron chi connectivity index (χ2n) is 3.60. The maximum absolute atomic E-state index is 13.4.